The quantitative estimate of drug-likeness (QED) is 0.354. The summed E-state index contributed by atoms with van der Waals surface area (Å²) in [5.41, 5.74) is 0.0747. The Bertz CT molecular complexity index is 665. The van der Waals surface area contributed by atoms with Crippen molar-refractivity contribution in [1.29, 1.82) is 0 Å². The molecule has 0 amide bonds. The molecule has 2 N–H and O–H groups in total. The Morgan fingerprint density at radius 1 is 1.17 bits per heavy atom. The van der Waals surface area contributed by atoms with E-state index in [9.17, 15) is 8.78 Å². The predicted molar refractivity (Wildman–Crippen MR) is 126 cm³/mol. The van der Waals surface area contributed by atoms with Crippen LogP contribution in [0.2, 0.25) is 0 Å². The van der Waals surface area contributed by atoms with Crippen LogP contribution in [-0.2, 0) is 0 Å². The largest absolute Gasteiger partial charge is 0.365 e. The number of benzene rings is 1. The number of hydrogen-bond acceptors (Lipinski definition) is 3. The number of guanidine groups is 1. The molecule has 1 aromatic rings. The zero-order chi connectivity index (χ0) is 20.1. The highest BCUT2D eigenvalue weighted by molar-refractivity contribution is 14.0. The molecule has 164 valence electrons. The maximum Gasteiger partial charge on any atom is 0.191 e. The third-order valence-corrected chi connectivity index (χ3v) is 5.85. The average molecular weight is 521 g/mol. The molecule has 3 rings (SSSR count). The van der Waals surface area contributed by atoms with Crippen molar-refractivity contribution in [2.24, 2.45) is 10.9 Å². The number of nitrogens with zero attached hydrogens (tertiary/aromatic N) is 3. The highest BCUT2D eigenvalue weighted by Crippen LogP contribution is 2.26. The van der Waals surface area contributed by atoms with Crippen molar-refractivity contribution < 1.29 is 8.78 Å². The predicted octanol–water partition coefficient (Wildman–Crippen LogP) is 3.45. The van der Waals surface area contributed by atoms with Gasteiger partial charge in [-0.2, -0.15) is 0 Å². The van der Waals surface area contributed by atoms with Gasteiger partial charge in [0.25, 0.3) is 0 Å². The normalized spacial score (nSPS) is 23.2. The maximum atomic E-state index is 14.0. The van der Waals surface area contributed by atoms with E-state index < -0.39 is 11.6 Å². The first-order valence-electron chi connectivity index (χ1n) is 10.4. The van der Waals surface area contributed by atoms with Crippen molar-refractivity contribution >= 4 is 35.6 Å². The number of rotatable bonds is 5. The Hall–Kier alpha value is -1.16. The van der Waals surface area contributed by atoms with Gasteiger partial charge >= 0.3 is 0 Å². The summed E-state index contributed by atoms with van der Waals surface area (Å²) in [7, 11) is 1.76. The highest BCUT2D eigenvalue weighted by atomic mass is 127. The molecule has 2 aliphatic rings. The molecule has 1 aromatic carbocycles. The van der Waals surface area contributed by atoms with Gasteiger partial charge in [-0.15, -0.1) is 24.0 Å². The third kappa shape index (κ3) is 6.41. The van der Waals surface area contributed by atoms with Gasteiger partial charge in [-0.3, -0.25) is 4.99 Å². The van der Waals surface area contributed by atoms with Crippen molar-refractivity contribution in [2.45, 2.75) is 45.2 Å². The molecule has 0 spiro atoms. The van der Waals surface area contributed by atoms with Crippen LogP contribution in [0.3, 0.4) is 0 Å². The highest BCUT2D eigenvalue weighted by Gasteiger charge is 2.27. The lowest BCUT2D eigenvalue weighted by atomic mass is 9.97. The van der Waals surface area contributed by atoms with Gasteiger partial charge < -0.3 is 20.4 Å². The van der Waals surface area contributed by atoms with E-state index in [1.807, 2.05) is 0 Å². The molecule has 0 aromatic heterocycles. The van der Waals surface area contributed by atoms with E-state index in [4.69, 9.17) is 0 Å². The molecule has 8 heteroatoms. The van der Waals surface area contributed by atoms with Crippen LogP contribution in [-0.4, -0.2) is 62.7 Å². The van der Waals surface area contributed by atoms with Gasteiger partial charge in [-0.25, -0.2) is 8.78 Å². The van der Waals surface area contributed by atoms with Crippen molar-refractivity contribution in [3.8, 4) is 0 Å². The molecule has 0 bridgehead atoms. The van der Waals surface area contributed by atoms with E-state index >= 15 is 0 Å². The Labute approximate surface area is 190 Å². The molecule has 2 saturated heterocycles. The number of likely N-dealkylation sites (tertiary alicyclic amines) is 1. The molecule has 0 saturated carbocycles. The third-order valence-electron chi connectivity index (χ3n) is 5.85. The fourth-order valence-electron chi connectivity index (χ4n) is 4.23. The summed E-state index contributed by atoms with van der Waals surface area (Å²) in [5.74, 6) is 0.370. The minimum Gasteiger partial charge on any atom is -0.365 e. The summed E-state index contributed by atoms with van der Waals surface area (Å²) in [6, 6.07) is 4.72. The van der Waals surface area contributed by atoms with E-state index in [0.717, 1.165) is 25.5 Å². The Morgan fingerprint density at radius 2 is 1.90 bits per heavy atom. The lowest BCUT2D eigenvalue weighted by molar-refractivity contribution is 0.141. The molecular formula is C21H34F2IN5. The molecule has 0 radical (unpaired) electrons. The van der Waals surface area contributed by atoms with Crippen LogP contribution >= 0.6 is 24.0 Å². The van der Waals surface area contributed by atoms with Crippen molar-refractivity contribution in [1.82, 2.24) is 15.5 Å². The van der Waals surface area contributed by atoms with Crippen LogP contribution in [0.4, 0.5) is 14.5 Å². The number of hydrogen-bond donors (Lipinski definition) is 2. The average Bonchev–Trinajstić information content (AvgIpc) is 3.13. The lowest BCUT2D eigenvalue weighted by Crippen LogP contribution is -2.48. The maximum absolute atomic E-state index is 14.0. The van der Waals surface area contributed by atoms with E-state index in [-0.39, 0.29) is 35.7 Å². The molecule has 2 atom stereocenters. The molecule has 2 unspecified atom stereocenters. The van der Waals surface area contributed by atoms with Crippen molar-refractivity contribution in [2.75, 3.05) is 44.7 Å². The van der Waals surface area contributed by atoms with E-state index in [0.29, 0.717) is 25.0 Å². The van der Waals surface area contributed by atoms with E-state index in [2.05, 4.69) is 34.4 Å². The minimum atomic E-state index is -0.504. The zero-order valence-electron chi connectivity index (χ0n) is 17.6. The Balaban J connectivity index is 0.00000300. The van der Waals surface area contributed by atoms with E-state index in [1.165, 1.54) is 37.6 Å². The monoisotopic (exact) mass is 521 g/mol. The van der Waals surface area contributed by atoms with Crippen molar-refractivity contribution in [3.05, 3.63) is 29.8 Å². The van der Waals surface area contributed by atoms with Crippen molar-refractivity contribution in [3.63, 3.8) is 0 Å². The van der Waals surface area contributed by atoms with E-state index in [1.54, 1.807) is 11.9 Å². The number of anilines is 1. The Morgan fingerprint density at radius 3 is 2.55 bits per heavy atom. The molecular weight excluding hydrogens is 487 g/mol. The van der Waals surface area contributed by atoms with Crippen LogP contribution < -0.4 is 15.5 Å². The fourth-order valence-corrected chi connectivity index (χ4v) is 4.23. The number of aliphatic imine (C=N–C) groups is 1. The van der Waals surface area contributed by atoms with Crippen LogP contribution in [0, 0.1) is 17.6 Å². The summed E-state index contributed by atoms with van der Waals surface area (Å²) >= 11 is 0. The summed E-state index contributed by atoms with van der Waals surface area (Å²) < 4.78 is 28.1. The number of piperidine rings is 1. The van der Waals surface area contributed by atoms with Gasteiger partial charge in [0.1, 0.15) is 17.3 Å². The van der Waals surface area contributed by atoms with Gasteiger partial charge in [0, 0.05) is 45.3 Å². The molecule has 2 heterocycles. The van der Waals surface area contributed by atoms with Gasteiger partial charge in [-0.05, 0) is 57.7 Å². The Kier molecular flexibility index (Phi) is 9.39. The van der Waals surface area contributed by atoms with Gasteiger partial charge in [0.15, 0.2) is 5.96 Å². The first kappa shape index (κ1) is 24.1. The smallest absolute Gasteiger partial charge is 0.191 e. The molecule has 2 aliphatic heterocycles. The zero-order valence-corrected chi connectivity index (χ0v) is 20.0. The van der Waals surface area contributed by atoms with Crippen LogP contribution in [0.5, 0.6) is 0 Å². The van der Waals surface area contributed by atoms with Gasteiger partial charge in [-0.1, -0.05) is 6.07 Å². The second kappa shape index (κ2) is 11.3. The summed E-state index contributed by atoms with van der Waals surface area (Å²) in [6.45, 7) is 8.88. The summed E-state index contributed by atoms with van der Waals surface area (Å²) in [6.07, 6.45) is 3.29. The van der Waals surface area contributed by atoms with Crippen LogP contribution in [0.1, 0.15) is 33.1 Å². The minimum absolute atomic E-state index is 0. The SMILES string of the molecule is CN=C(NCC1CCCN(C(C)C)C1)NC1CCN(c2c(F)cccc2F)C1.I. The molecule has 2 fully saturated rings. The second-order valence-electron chi connectivity index (χ2n) is 8.20. The van der Waals surface area contributed by atoms with Crippen LogP contribution in [0.15, 0.2) is 23.2 Å². The summed E-state index contributed by atoms with van der Waals surface area (Å²) in [4.78, 5) is 8.64. The first-order chi connectivity index (χ1) is 13.5. The first-order valence-corrected chi connectivity index (χ1v) is 10.4. The number of nitrogens with one attached hydrogen (secondary N) is 2. The standard InChI is InChI=1S/C21H33F2N5.HI/c1-15(2)27-10-5-6-16(13-27)12-25-21(24-3)26-17-9-11-28(14-17)20-18(22)7-4-8-19(20)23;/h4,7-8,15-17H,5-6,9-14H2,1-3H3,(H2,24,25,26);1H. The summed E-state index contributed by atoms with van der Waals surface area (Å²) in [5, 5.41) is 6.86. The number of para-hydroxylation sites is 1. The fraction of sp³-hybridized carbons (Fsp3) is 0.667. The van der Waals surface area contributed by atoms with Gasteiger partial charge in [0.2, 0.25) is 0 Å². The number of halogens is 3. The van der Waals surface area contributed by atoms with Gasteiger partial charge in [0.05, 0.1) is 0 Å². The van der Waals surface area contributed by atoms with Crippen LogP contribution in [0.25, 0.3) is 0 Å². The second-order valence-corrected chi connectivity index (χ2v) is 8.20. The lowest BCUT2D eigenvalue weighted by Gasteiger charge is -2.35. The molecule has 29 heavy (non-hydrogen) atoms. The molecule has 0 aliphatic carbocycles. The molecule has 5 nitrogen and oxygen atoms in total. The topological polar surface area (TPSA) is 42.9 Å².